The number of anilines is 1. The van der Waals surface area contributed by atoms with E-state index in [-0.39, 0.29) is 41.5 Å². The summed E-state index contributed by atoms with van der Waals surface area (Å²) in [4.78, 5) is 31.9. The number of nitrogens with one attached hydrogen (secondary N) is 1. The summed E-state index contributed by atoms with van der Waals surface area (Å²) in [5.74, 6) is -1.43. The summed E-state index contributed by atoms with van der Waals surface area (Å²) < 4.78 is 5.30. The zero-order chi connectivity index (χ0) is 22.4. The van der Waals surface area contributed by atoms with Crippen molar-refractivity contribution in [3.8, 4) is 23.2 Å². The summed E-state index contributed by atoms with van der Waals surface area (Å²) in [5, 5.41) is 20.9. The Morgan fingerprint density at radius 1 is 1.23 bits per heavy atom. The number of hydrogen-bond acceptors (Lipinski definition) is 7. The molecular weight excluding hydrogens is 398 g/mol. The van der Waals surface area contributed by atoms with Crippen LogP contribution in [-0.2, 0) is 6.54 Å². The zero-order valence-corrected chi connectivity index (χ0v) is 16.6. The van der Waals surface area contributed by atoms with E-state index in [0.29, 0.717) is 5.69 Å². The van der Waals surface area contributed by atoms with Gasteiger partial charge in [-0.25, -0.2) is 9.78 Å². The fraction of sp³-hybridized carbons (Fsp3) is 0.136. The Morgan fingerprint density at radius 3 is 2.55 bits per heavy atom. The average Bonchev–Trinajstić information content (AvgIpc) is 2.78. The highest BCUT2D eigenvalue weighted by Gasteiger charge is 2.16. The van der Waals surface area contributed by atoms with Crippen molar-refractivity contribution in [1.29, 1.82) is 5.26 Å². The van der Waals surface area contributed by atoms with Gasteiger partial charge in [-0.3, -0.25) is 9.78 Å². The summed E-state index contributed by atoms with van der Waals surface area (Å²) in [6, 6.07) is 13.2. The van der Waals surface area contributed by atoms with E-state index in [9.17, 15) is 9.59 Å². The Balaban J connectivity index is 1.68. The van der Waals surface area contributed by atoms with E-state index in [1.54, 1.807) is 37.4 Å². The number of aromatic carboxylic acids is 1. The molecule has 0 saturated heterocycles. The second-order valence-electron chi connectivity index (χ2n) is 6.44. The maximum absolute atomic E-state index is 12.5. The van der Waals surface area contributed by atoms with Gasteiger partial charge in [-0.15, -0.1) is 0 Å². The number of rotatable bonds is 7. The maximum atomic E-state index is 12.5. The molecule has 0 atom stereocenters. The number of amides is 1. The second kappa shape index (κ2) is 9.37. The molecule has 9 heteroatoms. The normalized spacial score (nSPS) is 10.2. The largest absolute Gasteiger partial charge is 0.478 e. The second-order valence-corrected chi connectivity index (χ2v) is 6.44. The van der Waals surface area contributed by atoms with Crippen LogP contribution in [0.1, 0.15) is 38.9 Å². The van der Waals surface area contributed by atoms with Crippen molar-refractivity contribution in [3.63, 3.8) is 0 Å². The van der Waals surface area contributed by atoms with Crippen LogP contribution in [0.15, 0.2) is 48.7 Å². The quantitative estimate of drug-likeness (QED) is 0.531. The standard InChI is InChI=1S/C22H19N5O4/c1-2-31-21-16(10-23)17(24)9-19(27-21)20(28)26-12-13-3-8-18(25-11-13)14-4-6-15(7-5-14)22(29)30/h3-9,11H,2,12H2,1H3,(H2,24,27)(H,26,28)(H,29,30). The minimum atomic E-state index is -0.988. The molecule has 31 heavy (non-hydrogen) atoms. The van der Waals surface area contributed by atoms with Gasteiger partial charge in [0.15, 0.2) is 0 Å². The van der Waals surface area contributed by atoms with Gasteiger partial charge in [-0.05, 0) is 36.8 Å². The third kappa shape index (κ3) is 4.94. The molecule has 0 aliphatic carbocycles. The van der Waals surface area contributed by atoms with Crippen LogP contribution in [0.5, 0.6) is 5.88 Å². The number of aromatic nitrogens is 2. The van der Waals surface area contributed by atoms with Crippen molar-refractivity contribution in [2.45, 2.75) is 13.5 Å². The van der Waals surface area contributed by atoms with Gasteiger partial charge in [0, 0.05) is 18.3 Å². The first-order valence-electron chi connectivity index (χ1n) is 9.33. The molecule has 0 fully saturated rings. The van der Waals surface area contributed by atoms with Crippen molar-refractivity contribution < 1.29 is 19.4 Å². The van der Waals surface area contributed by atoms with Crippen LogP contribution in [-0.4, -0.2) is 33.6 Å². The third-order valence-electron chi connectivity index (χ3n) is 4.35. The lowest BCUT2D eigenvalue weighted by atomic mass is 10.1. The van der Waals surface area contributed by atoms with Crippen LogP contribution in [0.3, 0.4) is 0 Å². The molecule has 0 aliphatic rings. The van der Waals surface area contributed by atoms with E-state index in [0.717, 1.165) is 11.1 Å². The predicted molar refractivity (Wildman–Crippen MR) is 112 cm³/mol. The van der Waals surface area contributed by atoms with E-state index >= 15 is 0 Å². The average molecular weight is 417 g/mol. The molecule has 3 aromatic rings. The number of nitrogens with zero attached hydrogens (tertiary/aromatic N) is 3. The number of benzene rings is 1. The molecule has 0 unspecified atom stereocenters. The topological polar surface area (TPSA) is 151 Å². The molecule has 2 aromatic heterocycles. The first-order chi connectivity index (χ1) is 14.9. The summed E-state index contributed by atoms with van der Waals surface area (Å²) >= 11 is 0. The van der Waals surface area contributed by atoms with Crippen LogP contribution in [0.25, 0.3) is 11.3 Å². The van der Waals surface area contributed by atoms with Crippen molar-refractivity contribution in [1.82, 2.24) is 15.3 Å². The number of hydrogen-bond donors (Lipinski definition) is 3. The van der Waals surface area contributed by atoms with Crippen LogP contribution < -0.4 is 15.8 Å². The van der Waals surface area contributed by atoms with Crippen LogP contribution in [0.2, 0.25) is 0 Å². The Kier molecular flexibility index (Phi) is 6.42. The molecule has 2 heterocycles. The predicted octanol–water partition coefficient (Wildman–Crippen LogP) is 2.62. The molecular formula is C22H19N5O4. The van der Waals surface area contributed by atoms with Crippen LogP contribution >= 0.6 is 0 Å². The molecule has 3 rings (SSSR count). The van der Waals surface area contributed by atoms with Crippen molar-refractivity contribution in [3.05, 3.63) is 71.0 Å². The first-order valence-corrected chi connectivity index (χ1v) is 9.33. The minimum Gasteiger partial charge on any atom is -0.478 e. The lowest BCUT2D eigenvalue weighted by molar-refractivity contribution is 0.0696. The van der Waals surface area contributed by atoms with Gasteiger partial charge < -0.3 is 20.9 Å². The molecule has 9 nitrogen and oxygen atoms in total. The number of carboxylic acid groups (broad SMARTS) is 1. The number of pyridine rings is 2. The van der Waals surface area contributed by atoms with Crippen molar-refractivity contribution >= 4 is 17.6 Å². The van der Waals surface area contributed by atoms with Gasteiger partial charge >= 0.3 is 5.97 Å². The monoisotopic (exact) mass is 417 g/mol. The molecule has 0 aliphatic heterocycles. The molecule has 0 radical (unpaired) electrons. The highest BCUT2D eigenvalue weighted by atomic mass is 16.5. The molecule has 1 aromatic carbocycles. The fourth-order valence-electron chi connectivity index (χ4n) is 2.77. The molecule has 156 valence electrons. The Hall–Kier alpha value is -4.45. The highest BCUT2D eigenvalue weighted by molar-refractivity contribution is 5.93. The maximum Gasteiger partial charge on any atom is 0.335 e. The Labute approximate surface area is 178 Å². The van der Waals surface area contributed by atoms with Gasteiger partial charge in [0.25, 0.3) is 5.91 Å². The number of nitriles is 1. The fourth-order valence-corrected chi connectivity index (χ4v) is 2.77. The molecule has 1 amide bonds. The molecule has 0 saturated carbocycles. The Bertz CT molecular complexity index is 1150. The van der Waals surface area contributed by atoms with E-state index < -0.39 is 11.9 Å². The van der Waals surface area contributed by atoms with E-state index in [4.69, 9.17) is 20.8 Å². The Morgan fingerprint density at radius 2 is 1.97 bits per heavy atom. The SMILES string of the molecule is CCOc1nc(C(=O)NCc2ccc(-c3ccc(C(=O)O)cc3)nc2)cc(N)c1C#N. The van der Waals surface area contributed by atoms with E-state index in [1.165, 1.54) is 18.2 Å². The van der Waals surface area contributed by atoms with E-state index in [2.05, 4.69) is 15.3 Å². The summed E-state index contributed by atoms with van der Waals surface area (Å²) in [6.07, 6.45) is 1.62. The number of carbonyl (C=O) groups excluding carboxylic acids is 1. The number of nitrogens with two attached hydrogens (primary N) is 1. The lowest BCUT2D eigenvalue weighted by Gasteiger charge is -2.10. The first kappa shape index (κ1) is 21.3. The lowest BCUT2D eigenvalue weighted by Crippen LogP contribution is -2.24. The summed E-state index contributed by atoms with van der Waals surface area (Å²) in [6.45, 7) is 2.22. The van der Waals surface area contributed by atoms with Gasteiger partial charge in [0.2, 0.25) is 5.88 Å². The summed E-state index contributed by atoms with van der Waals surface area (Å²) in [7, 11) is 0. The number of ether oxygens (including phenoxy) is 1. The molecule has 0 spiro atoms. The van der Waals surface area contributed by atoms with Crippen LogP contribution in [0, 0.1) is 11.3 Å². The third-order valence-corrected chi connectivity index (χ3v) is 4.35. The number of carbonyl (C=O) groups is 2. The highest BCUT2D eigenvalue weighted by Crippen LogP contribution is 2.23. The van der Waals surface area contributed by atoms with Gasteiger partial charge in [-0.1, -0.05) is 18.2 Å². The molecule has 0 bridgehead atoms. The van der Waals surface area contributed by atoms with Gasteiger partial charge in [0.05, 0.1) is 23.6 Å². The van der Waals surface area contributed by atoms with Crippen molar-refractivity contribution in [2.24, 2.45) is 0 Å². The smallest absolute Gasteiger partial charge is 0.335 e. The van der Waals surface area contributed by atoms with E-state index in [1.807, 2.05) is 6.07 Å². The number of nitrogen functional groups attached to an aromatic ring is 1. The number of carboxylic acids is 1. The van der Waals surface area contributed by atoms with Gasteiger partial charge in [0.1, 0.15) is 17.3 Å². The summed E-state index contributed by atoms with van der Waals surface area (Å²) in [5.41, 5.74) is 8.51. The zero-order valence-electron chi connectivity index (χ0n) is 16.6. The van der Waals surface area contributed by atoms with Gasteiger partial charge in [-0.2, -0.15) is 5.26 Å². The minimum absolute atomic E-state index is 0.0232. The van der Waals surface area contributed by atoms with Crippen molar-refractivity contribution in [2.75, 3.05) is 12.3 Å². The molecule has 4 N–H and O–H groups in total. The van der Waals surface area contributed by atoms with Crippen LogP contribution in [0.4, 0.5) is 5.69 Å².